The molecule has 0 saturated heterocycles. The van der Waals surface area contributed by atoms with Crippen LogP contribution in [-0.2, 0) is 0 Å². The van der Waals surface area contributed by atoms with E-state index in [0.29, 0.717) is 5.69 Å². The van der Waals surface area contributed by atoms with E-state index >= 15 is 0 Å². The third-order valence-electron chi connectivity index (χ3n) is 3.28. The van der Waals surface area contributed by atoms with E-state index < -0.39 is 28.9 Å². The van der Waals surface area contributed by atoms with Gasteiger partial charge in [-0.05, 0) is 18.2 Å². The molecular weight excluding hydrogens is 354 g/mol. The zero-order chi connectivity index (χ0) is 18.0. The first-order valence-electron chi connectivity index (χ1n) is 6.90. The van der Waals surface area contributed by atoms with Crippen molar-refractivity contribution in [2.45, 2.75) is 0 Å². The summed E-state index contributed by atoms with van der Waals surface area (Å²) in [6.45, 7) is 0. The summed E-state index contributed by atoms with van der Waals surface area (Å²) in [6.07, 6.45) is 5.25. The molecule has 1 aromatic carbocycles. The number of nitrogens with one attached hydrogen (secondary N) is 2. The highest BCUT2D eigenvalue weighted by molar-refractivity contribution is 6.31. The number of nitrogens with zero attached hydrogens (tertiary/aromatic N) is 2. The molecule has 3 rings (SSSR count). The van der Waals surface area contributed by atoms with Gasteiger partial charge in [-0.3, -0.25) is 9.59 Å². The van der Waals surface area contributed by atoms with Crippen molar-refractivity contribution in [3.63, 3.8) is 0 Å². The number of aromatic nitrogens is 3. The maximum Gasteiger partial charge on any atom is 0.272 e. The lowest BCUT2D eigenvalue weighted by atomic mass is 10.0. The molecule has 6 nitrogen and oxygen atoms in total. The molecule has 2 aromatic heterocycles. The fraction of sp³-hybridized carbons (Fsp3) is 0. The number of hydrogen-bond acceptors (Lipinski definition) is 4. The number of rotatable bonds is 4. The lowest BCUT2D eigenvalue weighted by Crippen LogP contribution is -2.12. The molecule has 126 valence electrons. The quantitative estimate of drug-likeness (QED) is 0.551. The average molecular weight is 363 g/mol. The molecular formula is C16H9ClF2N4O2. The molecule has 0 fully saturated rings. The van der Waals surface area contributed by atoms with Gasteiger partial charge in [0.25, 0.3) is 5.91 Å². The summed E-state index contributed by atoms with van der Waals surface area (Å²) in [5.41, 5.74) is -0.499. The third kappa shape index (κ3) is 3.38. The maximum atomic E-state index is 14.0. The number of carbonyl (C=O) groups is 2. The van der Waals surface area contributed by atoms with E-state index in [2.05, 4.69) is 20.3 Å². The molecule has 2 N–H and O–H groups in total. The molecule has 0 atom stereocenters. The maximum absolute atomic E-state index is 14.0. The monoisotopic (exact) mass is 362 g/mol. The Balaban J connectivity index is 1.85. The van der Waals surface area contributed by atoms with Crippen LogP contribution in [0.5, 0.6) is 0 Å². The van der Waals surface area contributed by atoms with Gasteiger partial charge in [0.2, 0.25) is 5.78 Å². The van der Waals surface area contributed by atoms with Crippen LogP contribution in [-0.4, -0.2) is 26.6 Å². The molecule has 3 aromatic rings. The highest BCUT2D eigenvalue weighted by atomic mass is 35.5. The Kier molecular flexibility index (Phi) is 4.53. The number of benzene rings is 1. The van der Waals surface area contributed by atoms with Gasteiger partial charge in [0, 0.05) is 11.8 Å². The van der Waals surface area contributed by atoms with Crippen LogP contribution in [0.2, 0.25) is 5.02 Å². The van der Waals surface area contributed by atoms with Crippen LogP contribution in [0, 0.1) is 11.6 Å². The van der Waals surface area contributed by atoms with Crippen molar-refractivity contribution in [1.82, 2.24) is 15.0 Å². The van der Waals surface area contributed by atoms with E-state index in [4.69, 9.17) is 11.6 Å². The number of carbonyl (C=O) groups excluding carboxylic acids is 2. The van der Waals surface area contributed by atoms with E-state index in [1.807, 2.05) is 0 Å². The second kappa shape index (κ2) is 6.78. The smallest absolute Gasteiger partial charge is 0.272 e. The number of halogens is 3. The molecule has 0 saturated carbocycles. The molecule has 1 amide bonds. The Hall–Kier alpha value is -3.13. The number of aromatic amines is 1. The summed E-state index contributed by atoms with van der Waals surface area (Å²) in [4.78, 5) is 34.5. The normalized spacial score (nSPS) is 10.5. The van der Waals surface area contributed by atoms with Crippen molar-refractivity contribution in [2.75, 3.05) is 5.32 Å². The van der Waals surface area contributed by atoms with Gasteiger partial charge >= 0.3 is 0 Å². The number of hydrogen-bond donors (Lipinski definition) is 2. The van der Waals surface area contributed by atoms with Gasteiger partial charge in [0.1, 0.15) is 17.8 Å². The summed E-state index contributed by atoms with van der Waals surface area (Å²) in [5, 5.41) is 2.13. The van der Waals surface area contributed by atoms with Gasteiger partial charge in [-0.1, -0.05) is 11.6 Å². The van der Waals surface area contributed by atoms with Gasteiger partial charge in [-0.25, -0.2) is 18.7 Å². The Labute approximate surface area is 144 Å². The predicted octanol–water partition coefficient (Wildman–Crippen LogP) is 3.22. The van der Waals surface area contributed by atoms with Gasteiger partial charge in [-0.2, -0.15) is 0 Å². The van der Waals surface area contributed by atoms with Crippen molar-refractivity contribution < 1.29 is 18.4 Å². The Morgan fingerprint density at radius 2 is 1.88 bits per heavy atom. The highest BCUT2D eigenvalue weighted by Gasteiger charge is 2.23. The molecule has 0 aliphatic heterocycles. The molecule has 0 bridgehead atoms. The molecule has 0 unspecified atom stereocenters. The summed E-state index contributed by atoms with van der Waals surface area (Å²) >= 11 is 5.59. The fourth-order valence-electron chi connectivity index (χ4n) is 2.10. The number of H-pyrrole nitrogens is 1. The zero-order valence-electron chi connectivity index (χ0n) is 12.4. The lowest BCUT2D eigenvalue weighted by molar-refractivity contribution is 0.102. The Bertz CT molecular complexity index is 960. The van der Waals surface area contributed by atoms with Crippen LogP contribution in [0.1, 0.15) is 26.4 Å². The van der Waals surface area contributed by atoms with E-state index in [9.17, 15) is 18.4 Å². The third-order valence-corrected chi connectivity index (χ3v) is 3.57. The average Bonchev–Trinajstić information content (AvgIpc) is 3.09. The second-order valence-electron chi connectivity index (χ2n) is 4.93. The minimum absolute atomic E-state index is 0.0232. The minimum atomic E-state index is -1.15. The Morgan fingerprint density at radius 1 is 1.16 bits per heavy atom. The first-order chi connectivity index (χ1) is 12.0. The largest absolute Gasteiger partial charge is 0.356 e. The lowest BCUT2D eigenvalue weighted by Gasteiger charge is -2.04. The van der Waals surface area contributed by atoms with Gasteiger partial charge < -0.3 is 10.3 Å². The van der Waals surface area contributed by atoms with Gasteiger partial charge in [0.05, 0.1) is 28.7 Å². The van der Waals surface area contributed by atoms with Crippen molar-refractivity contribution in [3.05, 3.63) is 76.6 Å². The van der Waals surface area contributed by atoms with E-state index in [1.54, 1.807) is 0 Å². The minimum Gasteiger partial charge on any atom is -0.356 e. The summed E-state index contributed by atoms with van der Waals surface area (Å²) in [6, 6.07) is 3.09. The number of ketones is 1. The van der Waals surface area contributed by atoms with Crippen LogP contribution in [0.3, 0.4) is 0 Å². The number of anilines is 1. The Morgan fingerprint density at radius 3 is 2.60 bits per heavy atom. The zero-order valence-corrected chi connectivity index (χ0v) is 13.1. The van der Waals surface area contributed by atoms with Crippen molar-refractivity contribution >= 4 is 29.0 Å². The summed E-state index contributed by atoms with van der Waals surface area (Å²) in [5.74, 6) is -3.70. The van der Waals surface area contributed by atoms with Crippen LogP contribution < -0.4 is 5.32 Å². The van der Waals surface area contributed by atoms with E-state index in [-0.39, 0.29) is 16.3 Å². The van der Waals surface area contributed by atoms with Crippen molar-refractivity contribution in [2.24, 2.45) is 0 Å². The first kappa shape index (κ1) is 16.7. The standard InChI is InChI=1S/C16H9ClF2N4O2/c17-10-1-2-11(18)13(14(10)19)15(24)8-3-12(22-4-8)16(25)23-9-5-20-7-21-6-9/h1-7,22H,(H,23,25). The van der Waals surface area contributed by atoms with Crippen molar-refractivity contribution in [3.8, 4) is 0 Å². The van der Waals surface area contributed by atoms with Crippen LogP contribution in [0.25, 0.3) is 0 Å². The van der Waals surface area contributed by atoms with Crippen LogP contribution in [0.15, 0.2) is 43.1 Å². The second-order valence-corrected chi connectivity index (χ2v) is 5.34. The molecule has 0 spiro atoms. The molecule has 9 heteroatoms. The molecule has 0 aliphatic carbocycles. The van der Waals surface area contributed by atoms with Gasteiger partial charge in [0.15, 0.2) is 5.82 Å². The van der Waals surface area contributed by atoms with E-state index in [1.165, 1.54) is 31.0 Å². The fourth-order valence-corrected chi connectivity index (χ4v) is 2.26. The predicted molar refractivity (Wildman–Crippen MR) is 85.6 cm³/mol. The topological polar surface area (TPSA) is 87.7 Å². The van der Waals surface area contributed by atoms with Crippen molar-refractivity contribution in [1.29, 1.82) is 0 Å². The van der Waals surface area contributed by atoms with Gasteiger partial charge in [-0.15, -0.1) is 0 Å². The summed E-state index contributed by atoms with van der Waals surface area (Å²) in [7, 11) is 0. The SMILES string of the molecule is O=C(Nc1cncnc1)c1cc(C(=O)c2c(F)ccc(Cl)c2F)c[nH]1. The molecule has 2 heterocycles. The van der Waals surface area contributed by atoms with Crippen LogP contribution >= 0.6 is 11.6 Å². The van der Waals surface area contributed by atoms with E-state index in [0.717, 1.165) is 12.1 Å². The molecule has 0 aliphatic rings. The summed E-state index contributed by atoms with van der Waals surface area (Å²) < 4.78 is 27.8. The first-order valence-corrected chi connectivity index (χ1v) is 7.28. The highest BCUT2D eigenvalue weighted by Crippen LogP contribution is 2.24. The molecule has 0 radical (unpaired) electrons. The number of amides is 1. The molecule has 25 heavy (non-hydrogen) atoms. The van der Waals surface area contributed by atoms with Crippen LogP contribution in [0.4, 0.5) is 14.5 Å².